The van der Waals surface area contributed by atoms with Crippen LogP contribution in [0.2, 0.25) is 5.02 Å². The van der Waals surface area contributed by atoms with Crippen LogP contribution in [0, 0.1) is 0 Å². The van der Waals surface area contributed by atoms with Crippen molar-refractivity contribution in [2.45, 2.75) is 12.1 Å². The van der Waals surface area contributed by atoms with Crippen molar-refractivity contribution in [3.8, 4) is 11.4 Å². The van der Waals surface area contributed by atoms with Crippen LogP contribution in [0.3, 0.4) is 0 Å². The molecule has 0 atom stereocenters. The predicted molar refractivity (Wildman–Crippen MR) is 104 cm³/mol. The second kappa shape index (κ2) is 7.96. The molecule has 1 heterocycles. The first-order chi connectivity index (χ1) is 11.7. The molecule has 0 saturated carbocycles. The quantitative estimate of drug-likeness (QED) is 0.412. The number of hydrogen-bond acceptors (Lipinski definition) is 4. The standard InChI is InChI=1S/C17H14BrClN4S/c1-2-24-17-22-21-16(13-5-9-15(19)10-6-13)23(17)20-11-12-3-7-14(18)8-4-12/h3-11H,2H2,1H3. The summed E-state index contributed by atoms with van der Waals surface area (Å²) in [4.78, 5) is 0. The molecule has 0 spiro atoms. The molecule has 0 fully saturated rings. The first-order valence-corrected chi connectivity index (χ1v) is 9.47. The Morgan fingerprint density at radius 1 is 1.12 bits per heavy atom. The van der Waals surface area contributed by atoms with Gasteiger partial charge in [0.1, 0.15) is 0 Å². The molecular formula is C17H14BrClN4S. The van der Waals surface area contributed by atoms with Crippen LogP contribution >= 0.6 is 39.3 Å². The van der Waals surface area contributed by atoms with Crippen LogP contribution in [0.15, 0.2) is 63.3 Å². The molecule has 0 aliphatic rings. The summed E-state index contributed by atoms with van der Waals surface area (Å²) in [5, 5.41) is 14.6. The molecule has 3 rings (SSSR count). The Labute approximate surface area is 158 Å². The molecule has 7 heteroatoms. The van der Waals surface area contributed by atoms with E-state index in [0.717, 1.165) is 26.5 Å². The lowest BCUT2D eigenvalue weighted by atomic mass is 10.2. The van der Waals surface area contributed by atoms with E-state index in [1.807, 2.05) is 48.5 Å². The fraction of sp³-hybridized carbons (Fsp3) is 0.118. The van der Waals surface area contributed by atoms with Gasteiger partial charge in [0.2, 0.25) is 5.16 Å². The van der Waals surface area contributed by atoms with Gasteiger partial charge in [-0.15, -0.1) is 10.2 Å². The minimum Gasteiger partial charge on any atom is -0.187 e. The zero-order valence-corrected chi connectivity index (χ0v) is 16.0. The van der Waals surface area contributed by atoms with Gasteiger partial charge in [-0.1, -0.05) is 58.3 Å². The van der Waals surface area contributed by atoms with Crippen molar-refractivity contribution in [2.24, 2.45) is 5.10 Å². The van der Waals surface area contributed by atoms with Crippen LogP contribution in [0.4, 0.5) is 0 Å². The lowest BCUT2D eigenvalue weighted by Crippen LogP contribution is -1.97. The van der Waals surface area contributed by atoms with Gasteiger partial charge in [-0.05, 0) is 47.7 Å². The average molecular weight is 422 g/mol. The van der Waals surface area contributed by atoms with Crippen molar-refractivity contribution in [1.82, 2.24) is 14.9 Å². The first kappa shape index (κ1) is 17.2. The van der Waals surface area contributed by atoms with E-state index >= 15 is 0 Å². The van der Waals surface area contributed by atoms with Crippen LogP contribution in [0.5, 0.6) is 0 Å². The maximum atomic E-state index is 5.97. The fourth-order valence-corrected chi connectivity index (χ4v) is 3.04. The zero-order valence-electron chi connectivity index (χ0n) is 12.9. The SMILES string of the molecule is CCSc1nnc(-c2ccc(Cl)cc2)n1N=Cc1ccc(Br)cc1. The summed E-state index contributed by atoms with van der Waals surface area (Å²) < 4.78 is 2.80. The number of rotatable bonds is 5. The van der Waals surface area contributed by atoms with Crippen molar-refractivity contribution in [2.75, 3.05) is 5.75 Å². The molecule has 0 N–H and O–H groups in total. The smallest absolute Gasteiger partial charge is 0.187 e. The van der Waals surface area contributed by atoms with Gasteiger partial charge in [-0.2, -0.15) is 9.78 Å². The number of hydrogen-bond donors (Lipinski definition) is 0. The Morgan fingerprint density at radius 2 is 1.83 bits per heavy atom. The van der Waals surface area contributed by atoms with E-state index in [9.17, 15) is 0 Å². The molecule has 0 aliphatic carbocycles. The van der Waals surface area contributed by atoms with Crippen LogP contribution in [0.1, 0.15) is 12.5 Å². The van der Waals surface area contributed by atoms with E-state index in [2.05, 4.69) is 38.2 Å². The number of halogens is 2. The van der Waals surface area contributed by atoms with Gasteiger partial charge in [0.25, 0.3) is 0 Å². The highest BCUT2D eigenvalue weighted by atomic mass is 79.9. The van der Waals surface area contributed by atoms with Crippen LogP contribution in [0.25, 0.3) is 11.4 Å². The molecular weight excluding hydrogens is 408 g/mol. The maximum absolute atomic E-state index is 5.97. The number of thioether (sulfide) groups is 1. The molecule has 0 unspecified atom stereocenters. The van der Waals surface area contributed by atoms with E-state index in [1.165, 1.54) is 0 Å². The van der Waals surface area contributed by atoms with Crippen molar-refractivity contribution >= 4 is 45.5 Å². The summed E-state index contributed by atoms with van der Waals surface area (Å²) in [7, 11) is 0. The predicted octanol–water partition coefficient (Wildman–Crippen LogP) is 5.36. The Hall–Kier alpha value is -1.63. The van der Waals surface area contributed by atoms with Gasteiger partial charge in [-0.3, -0.25) is 0 Å². The molecule has 0 saturated heterocycles. The van der Waals surface area contributed by atoms with Crippen LogP contribution in [-0.2, 0) is 0 Å². The summed E-state index contributed by atoms with van der Waals surface area (Å²) in [5.41, 5.74) is 1.92. The zero-order chi connectivity index (χ0) is 16.9. The van der Waals surface area contributed by atoms with E-state index in [0.29, 0.717) is 10.8 Å². The Bertz CT molecular complexity index is 844. The molecule has 122 valence electrons. The van der Waals surface area contributed by atoms with E-state index in [1.54, 1.807) is 22.7 Å². The number of nitrogens with zero attached hydrogens (tertiary/aromatic N) is 4. The molecule has 0 amide bonds. The molecule has 24 heavy (non-hydrogen) atoms. The summed E-state index contributed by atoms with van der Waals surface area (Å²) >= 11 is 11.0. The van der Waals surface area contributed by atoms with Gasteiger partial charge in [-0.25, -0.2) is 0 Å². The van der Waals surface area contributed by atoms with E-state index in [4.69, 9.17) is 11.6 Å². The monoisotopic (exact) mass is 420 g/mol. The maximum Gasteiger partial charge on any atom is 0.212 e. The fourth-order valence-electron chi connectivity index (χ4n) is 2.04. The third-order valence-corrected chi connectivity index (χ3v) is 4.76. The third-order valence-electron chi connectivity index (χ3n) is 3.18. The molecule has 2 aromatic carbocycles. The second-order valence-corrected chi connectivity index (χ2v) is 7.44. The van der Waals surface area contributed by atoms with E-state index in [-0.39, 0.29) is 0 Å². The van der Waals surface area contributed by atoms with Crippen molar-refractivity contribution in [3.63, 3.8) is 0 Å². The lowest BCUT2D eigenvalue weighted by molar-refractivity contribution is 0.773. The summed E-state index contributed by atoms with van der Waals surface area (Å²) in [6, 6.07) is 15.4. The van der Waals surface area contributed by atoms with Gasteiger partial charge in [0.15, 0.2) is 5.82 Å². The molecule has 1 aromatic heterocycles. The Kier molecular flexibility index (Phi) is 5.71. The van der Waals surface area contributed by atoms with E-state index < -0.39 is 0 Å². The van der Waals surface area contributed by atoms with Gasteiger partial charge in [0.05, 0.1) is 6.21 Å². The first-order valence-electron chi connectivity index (χ1n) is 7.31. The summed E-state index contributed by atoms with van der Waals surface area (Å²) in [5.74, 6) is 1.59. The van der Waals surface area contributed by atoms with Gasteiger partial charge < -0.3 is 0 Å². The highest BCUT2D eigenvalue weighted by Gasteiger charge is 2.13. The van der Waals surface area contributed by atoms with Crippen molar-refractivity contribution in [3.05, 3.63) is 63.6 Å². The second-order valence-electron chi connectivity index (χ2n) is 4.85. The minimum atomic E-state index is 0.686. The van der Waals surface area contributed by atoms with Gasteiger partial charge >= 0.3 is 0 Å². The molecule has 0 radical (unpaired) electrons. The molecule has 0 aliphatic heterocycles. The molecule has 0 bridgehead atoms. The van der Waals surface area contributed by atoms with Gasteiger partial charge in [0, 0.05) is 15.1 Å². The topological polar surface area (TPSA) is 43.1 Å². The normalized spacial score (nSPS) is 11.3. The lowest BCUT2D eigenvalue weighted by Gasteiger charge is -2.04. The van der Waals surface area contributed by atoms with Crippen molar-refractivity contribution < 1.29 is 0 Å². The summed E-state index contributed by atoms with van der Waals surface area (Å²) in [6.45, 7) is 2.07. The van der Waals surface area contributed by atoms with Crippen molar-refractivity contribution in [1.29, 1.82) is 0 Å². The third kappa shape index (κ3) is 4.06. The highest BCUT2D eigenvalue weighted by molar-refractivity contribution is 9.10. The van der Waals surface area contributed by atoms with Crippen LogP contribution in [-0.4, -0.2) is 26.8 Å². The molecule has 3 aromatic rings. The Balaban J connectivity index is 1.99. The number of aromatic nitrogens is 3. The largest absolute Gasteiger partial charge is 0.212 e. The minimum absolute atomic E-state index is 0.686. The highest BCUT2D eigenvalue weighted by Crippen LogP contribution is 2.25. The number of benzene rings is 2. The average Bonchev–Trinajstić information content (AvgIpc) is 2.98. The van der Waals surface area contributed by atoms with Crippen LogP contribution < -0.4 is 0 Å². The molecule has 4 nitrogen and oxygen atoms in total. The summed E-state index contributed by atoms with van der Waals surface area (Å²) in [6.07, 6.45) is 1.80. The Morgan fingerprint density at radius 3 is 2.50 bits per heavy atom.